The summed E-state index contributed by atoms with van der Waals surface area (Å²) < 4.78 is 12.8. The van der Waals surface area contributed by atoms with E-state index in [1.807, 2.05) is 0 Å². The van der Waals surface area contributed by atoms with Crippen LogP contribution in [-0.4, -0.2) is 50.1 Å². The average molecular weight is 293 g/mol. The number of hydrogen-bond acceptors (Lipinski definition) is 3. The van der Waals surface area contributed by atoms with Crippen molar-refractivity contribution in [1.29, 1.82) is 0 Å². The van der Waals surface area contributed by atoms with Gasteiger partial charge in [-0.15, -0.1) is 0 Å². The van der Waals surface area contributed by atoms with Crippen molar-refractivity contribution in [2.75, 3.05) is 39.3 Å². The molecule has 0 saturated carbocycles. The zero-order valence-corrected chi connectivity index (χ0v) is 12.4. The first-order valence-corrected chi connectivity index (χ1v) is 7.68. The molecule has 0 atom stereocenters. The zero-order chi connectivity index (χ0) is 14.9. The van der Waals surface area contributed by atoms with Crippen molar-refractivity contribution in [2.24, 2.45) is 0 Å². The van der Waals surface area contributed by atoms with E-state index in [0.29, 0.717) is 12.8 Å². The molecule has 4 nitrogen and oxygen atoms in total. The molecule has 1 heterocycles. The highest BCUT2D eigenvalue weighted by Crippen LogP contribution is 2.05. The quantitative estimate of drug-likeness (QED) is 0.742. The van der Waals surface area contributed by atoms with E-state index < -0.39 is 0 Å². The first-order valence-electron chi connectivity index (χ1n) is 7.68. The van der Waals surface area contributed by atoms with Crippen molar-refractivity contribution in [2.45, 2.75) is 19.3 Å². The second kappa shape index (κ2) is 8.74. The van der Waals surface area contributed by atoms with Gasteiger partial charge in [0, 0.05) is 39.1 Å². The molecule has 0 bridgehead atoms. The summed E-state index contributed by atoms with van der Waals surface area (Å²) in [5, 5.41) is 6.27. The fourth-order valence-electron chi connectivity index (χ4n) is 2.46. The molecule has 0 unspecified atom stereocenters. The lowest BCUT2D eigenvalue weighted by molar-refractivity contribution is -0.121. The Labute approximate surface area is 125 Å². The van der Waals surface area contributed by atoms with Crippen LogP contribution in [0.3, 0.4) is 0 Å². The van der Waals surface area contributed by atoms with Gasteiger partial charge in [-0.2, -0.15) is 0 Å². The van der Waals surface area contributed by atoms with Gasteiger partial charge in [-0.05, 0) is 37.1 Å². The number of piperazine rings is 1. The van der Waals surface area contributed by atoms with E-state index in [2.05, 4.69) is 15.5 Å². The van der Waals surface area contributed by atoms with E-state index in [9.17, 15) is 9.18 Å². The van der Waals surface area contributed by atoms with Crippen molar-refractivity contribution in [3.05, 3.63) is 35.6 Å². The Morgan fingerprint density at radius 1 is 1.24 bits per heavy atom. The van der Waals surface area contributed by atoms with E-state index in [0.717, 1.165) is 51.3 Å². The fourth-order valence-corrected chi connectivity index (χ4v) is 2.46. The van der Waals surface area contributed by atoms with Crippen LogP contribution in [0.5, 0.6) is 0 Å². The number of rotatable bonds is 7. The van der Waals surface area contributed by atoms with E-state index in [-0.39, 0.29) is 11.7 Å². The van der Waals surface area contributed by atoms with Gasteiger partial charge in [-0.1, -0.05) is 12.1 Å². The Hall–Kier alpha value is -1.46. The smallest absolute Gasteiger partial charge is 0.220 e. The third-order valence-corrected chi connectivity index (χ3v) is 3.74. The summed E-state index contributed by atoms with van der Waals surface area (Å²) >= 11 is 0. The van der Waals surface area contributed by atoms with Gasteiger partial charge in [0.05, 0.1) is 0 Å². The first-order chi connectivity index (χ1) is 10.2. The molecule has 0 radical (unpaired) electrons. The number of carbonyl (C=O) groups excluding carboxylic acids is 1. The third kappa shape index (κ3) is 6.23. The lowest BCUT2D eigenvalue weighted by Crippen LogP contribution is -2.44. The van der Waals surface area contributed by atoms with Crippen LogP contribution in [0, 0.1) is 5.82 Å². The van der Waals surface area contributed by atoms with Gasteiger partial charge in [0.15, 0.2) is 0 Å². The number of benzene rings is 1. The van der Waals surface area contributed by atoms with Crippen molar-refractivity contribution < 1.29 is 9.18 Å². The van der Waals surface area contributed by atoms with Crippen LogP contribution >= 0.6 is 0 Å². The Balaban J connectivity index is 1.54. The Morgan fingerprint density at radius 2 is 1.95 bits per heavy atom. The summed E-state index contributed by atoms with van der Waals surface area (Å²) in [4.78, 5) is 14.1. The average Bonchev–Trinajstić information content (AvgIpc) is 2.52. The molecule has 1 aliphatic rings. The molecule has 5 heteroatoms. The maximum absolute atomic E-state index is 12.8. The molecule has 1 aromatic carbocycles. The normalized spacial score (nSPS) is 15.9. The van der Waals surface area contributed by atoms with Crippen molar-refractivity contribution in [3.63, 3.8) is 0 Å². The molecule has 1 saturated heterocycles. The Kier molecular flexibility index (Phi) is 6.63. The van der Waals surface area contributed by atoms with E-state index >= 15 is 0 Å². The lowest BCUT2D eigenvalue weighted by Gasteiger charge is -2.27. The zero-order valence-electron chi connectivity index (χ0n) is 12.4. The second-order valence-corrected chi connectivity index (χ2v) is 5.42. The van der Waals surface area contributed by atoms with Gasteiger partial charge in [0.1, 0.15) is 5.82 Å². The van der Waals surface area contributed by atoms with E-state index in [1.165, 1.54) is 12.1 Å². The number of hydrogen-bond donors (Lipinski definition) is 2. The number of amides is 1. The molecule has 0 aliphatic carbocycles. The van der Waals surface area contributed by atoms with Gasteiger partial charge in [-0.25, -0.2) is 4.39 Å². The first kappa shape index (κ1) is 15.9. The number of nitrogens with zero attached hydrogens (tertiary/aromatic N) is 1. The molecule has 1 aliphatic heterocycles. The van der Waals surface area contributed by atoms with Crippen LogP contribution in [0.4, 0.5) is 4.39 Å². The number of aryl methyl sites for hydroxylation is 1. The highest BCUT2D eigenvalue weighted by atomic mass is 19.1. The number of carbonyl (C=O) groups is 1. The summed E-state index contributed by atoms with van der Waals surface area (Å²) in [6.45, 7) is 6.08. The van der Waals surface area contributed by atoms with Crippen LogP contribution in [-0.2, 0) is 11.2 Å². The Morgan fingerprint density at radius 3 is 2.67 bits per heavy atom. The molecule has 1 aromatic rings. The largest absolute Gasteiger partial charge is 0.356 e. The highest BCUT2D eigenvalue weighted by molar-refractivity contribution is 5.76. The van der Waals surface area contributed by atoms with Crippen LogP contribution < -0.4 is 10.6 Å². The van der Waals surface area contributed by atoms with Crippen molar-refractivity contribution >= 4 is 5.91 Å². The fraction of sp³-hybridized carbons (Fsp3) is 0.562. The summed E-state index contributed by atoms with van der Waals surface area (Å²) in [5.41, 5.74) is 0.993. The molecule has 0 aromatic heterocycles. The molecular weight excluding hydrogens is 269 g/mol. The van der Waals surface area contributed by atoms with E-state index in [1.54, 1.807) is 12.1 Å². The van der Waals surface area contributed by atoms with Crippen LogP contribution in [0.15, 0.2) is 24.3 Å². The molecule has 2 rings (SSSR count). The minimum absolute atomic E-state index is 0.0691. The number of halogens is 1. The maximum atomic E-state index is 12.8. The predicted octanol–water partition coefficient (Wildman–Crippen LogP) is 1.17. The SMILES string of the molecule is O=C(CCc1ccc(F)cc1)NCCCN1CCNCC1. The minimum atomic E-state index is -0.240. The maximum Gasteiger partial charge on any atom is 0.220 e. The monoisotopic (exact) mass is 293 g/mol. The predicted molar refractivity (Wildman–Crippen MR) is 81.7 cm³/mol. The van der Waals surface area contributed by atoms with Gasteiger partial charge in [0.25, 0.3) is 0 Å². The lowest BCUT2D eigenvalue weighted by atomic mass is 10.1. The summed E-state index contributed by atoms with van der Waals surface area (Å²) in [7, 11) is 0. The highest BCUT2D eigenvalue weighted by Gasteiger charge is 2.08. The third-order valence-electron chi connectivity index (χ3n) is 3.74. The summed E-state index contributed by atoms with van der Waals surface area (Å²) in [6, 6.07) is 6.32. The van der Waals surface area contributed by atoms with Crippen LogP contribution in [0.2, 0.25) is 0 Å². The Bertz CT molecular complexity index is 430. The molecular formula is C16H24FN3O. The minimum Gasteiger partial charge on any atom is -0.356 e. The van der Waals surface area contributed by atoms with E-state index in [4.69, 9.17) is 0 Å². The van der Waals surface area contributed by atoms with Crippen molar-refractivity contribution in [1.82, 2.24) is 15.5 Å². The molecule has 1 amide bonds. The van der Waals surface area contributed by atoms with Crippen LogP contribution in [0.25, 0.3) is 0 Å². The topological polar surface area (TPSA) is 44.4 Å². The summed E-state index contributed by atoms with van der Waals surface area (Å²) in [6.07, 6.45) is 2.10. The van der Waals surface area contributed by atoms with Gasteiger partial charge < -0.3 is 15.5 Å². The van der Waals surface area contributed by atoms with Gasteiger partial charge in [0.2, 0.25) is 5.91 Å². The molecule has 116 valence electrons. The molecule has 21 heavy (non-hydrogen) atoms. The van der Waals surface area contributed by atoms with Gasteiger partial charge in [-0.3, -0.25) is 4.79 Å². The number of nitrogens with one attached hydrogen (secondary N) is 2. The molecule has 0 spiro atoms. The second-order valence-electron chi connectivity index (χ2n) is 5.42. The van der Waals surface area contributed by atoms with Crippen LogP contribution in [0.1, 0.15) is 18.4 Å². The summed E-state index contributed by atoms with van der Waals surface area (Å²) in [5.74, 6) is -0.171. The molecule has 2 N–H and O–H groups in total. The standard InChI is InChI=1S/C16H24FN3O/c17-15-5-2-14(3-6-15)4-7-16(21)19-8-1-11-20-12-9-18-10-13-20/h2-3,5-6,18H,1,4,7-13H2,(H,19,21). The van der Waals surface area contributed by atoms with Crippen molar-refractivity contribution in [3.8, 4) is 0 Å². The molecule has 1 fully saturated rings. The van der Waals surface area contributed by atoms with Gasteiger partial charge >= 0.3 is 0 Å².